The van der Waals surface area contributed by atoms with Crippen molar-refractivity contribution in [2.75, 3.05) is 7.11 Å². The van der Waals surface area contributed by atoms with Gasteiger partial charge in [-0.25, -0.2) is 4.98 Å². The fourth-order valence-electron chi connectivity index (χ4n) is 1.41. The molecule has 0 amide bonds. The summed E-state index contributed by atoms with van der Waals surface area (Å²) in [5, 5.41) is 1.04. The van der Waals surface area contributed by atoms with Crippen molar-refractivity contribution >= 4 is 27.3 Å². The molecule has 0 atom stereocenters. The maximum atomic E-state index is 5.31. The number of halogens is 1. The van der Waals surface area contributed by atoms with E-state index >= 15 is 0 Å². The Hall–Kier alpha value is -0.870. The van der Waals surface area contributed by atoms with E-state index in [-0.39, 0.29) is 0 Å². The molecule has 1 heterocycles. The Morgan fingerprint density at radius 1 is 1.33 bits per heavy atom. The third kappa shape index (κ3) is 2.06. The van der Waals surface area contributed by atoms with Crippen LogP contribution in [0.3, 0.4) is 0 Å². The van der Waals surface area contributed by atoms with E-state index in [9.17, 15) is 0 Å². The zero-order chi connectivity index (χ0) is 10.8. The predicted molar refractivity (Wildman–Crippen MR) is 66.5 cm³/mol. The Bertz CT molecular complexity index is 481. The largest absolute Gasteiger partial charge is 0.496 e. The van der Waals surface area contributed by atoms with Gasteiger partial charge in [0.1, 0.15) is 5.75 Å². The molecule has 0 aliphatic rings. The summed E-state index contributed by atoms with van der Waals surface area (Å²) in [6, 6.07) is 7.89. The molecule has 0 radical (unpaired) electrons. The Labute approximate surface area is 101 Å². The van der Waals surface area contributed by atoms with Gasteiger partial charge in [0.2, 0.25) is 0 Å². The van der Waals surface area contributed by atoms with Crippen LogP contribution >= 0.6 is 27.3 Å². The Morgan fingerprint density at radius 3 is 2.67 bits per heavy atom. The van der Waals surface area contributed by atoms with E-state index in [0.717, 1.165) is 25.8 Å². The number of methoxy groups -OCH3 is 1. The minimum Gasteiger partial charge on any atom is -0.496 e. The quantitative estimate of drug-likeness (QED) is 0.834. The molecule has 0 aliphatic carbocycles. The van der Waals surface area contributed by atoms with E-state index in [4.69, 9.17) is 4.74 Å². The molecule has 0 saturated carbocycles. The van der Waals surface area contributed by atoms with Gasteiger partial charge in [0.05, 0.1) is 21.6 Å². The van der Waals surface area contributed by atoms with Crippen molar-refractivity contribution in [3.8, 4) is 17.0 Å². The molecule has 4 heteroatoms. The van der Waals surface area contributed by atoms with Crippen molar-refractivity contribution in [3.05, 3.63) is 33.1 Å². The van der Waals surface area contributed by atoms with Crippen molar-refractivity contribution in [2.24, 2.45) is 0 Å². The first-order valence-corrected chi connectivity index (χ1v) is 6.09. The van der Waals surface area contributed by atoms with Crippen molar-refractivity contribution in [1.29, 1.82) is 0 Å². The molecule has 0 fully saturated rings. The lowest BCUT2D eigenvalue weighted by molar-refractivity contribution is 0.416. The first-order chi connectivity index (χ1) is 7.22. The summed E-state index contributed by atoms with van der Waals surface area (Å²) >= 11 is 5.15. The molecule has 2 nitrogen and oxygen atoms in total. The van der Waals surface area contributed by atoms with Crippen LogP contribution in [0, 0.1) is 6.92 Å². The third-order valence-corrected chi connectivity index (χ3v) is 3.68. The summed E-state index contributed by atoms with van der Waals surface area (Å²) in [5.41, 5.74) is 1.98. The maximum absolute atomic E-state index is 5.31. The van der Waals surface area contributed by atoms with Crippen molar-refractivity contribution < 1.29 is 4.74 Å². The van der Waals surface area contributed by atoms with Gasteiger partial charge in [-0.1, -0.05) is 12.1 Å². The molecule has 0 spiro atoms. The summed E-state index contributed by atoms with van der Waals surface area (Å²) in [5.74, 6) is 0.850. The topological polar surface area (TPSA) is 22.1 Å². The van der Waals surface area contributed by atoms with E-state index in [0.29, 0.717) is 0 Å². The third-order valence-electron chi connectivity index (χ3n) is 2.05. The first-order valence-electron chi connectivity index (χ1n) is 4.48. The summed E-state index contributed by atoms with van der Waals surface area (Å²) in [4.78, 5) is 4.48. The van der Waals surface area contributed by atoms with Crippen LogP contribution in [0.4, 0.5) is 0 Å². The van der Waals surface area contributed by atoms with Crippen LogP contribution in [0.5, 0.6) is 5.75 Å². The Morgan fingerprint density at radius 2 is 2.07 bits per heavy atom. The van der Waals surface area contributed by atoms with Gasteiger partial charge >= 0.3 is 0 Å². The SMILES string of the molecule is COc1ccccc1-c1nc(C)sc1Br. The molecule has 2 aromatic rings. The molecular formula is C11H10BrNOS. The average Bonchev–Trinajstić information content (AvgIpc) is 2.57. The van der Waals surface area contributed by atoms with E-state index in [2.05, 4.69) is 20.9 Å². The monoisotopic (exact) mass is 283 g/mol. The number of rotatable bonds is 2. The lowest BCUT2D eigenvalue weighted by Crippen LogP contribution is -1.87. The smallest absolute Gasteiger partial charge is 0.128 e. The molecule has 2 rings (SSSR count). The average molecular weight is 284 g/mol. The predicted octanol–water partition coefficient (Wildman–Crippen LogP) is 3.89. The zero-order valence-electron chi connectivity index (χ0n) is 8.45. The highest BCUT2D eigenvalue weighted by Crippen LogP contribution is 2.37. The molecule has 0 bridgehead atoms. The van der Waals surface area contributed by atoms with Crippen LogP contribution in [-0.2, 0) is 0 Å². The van der Waals surface area contributed by atoms with Gasteiger partial charge in [-0.15, -0.1) is 11.3 Å². The van der Waals surface area contributed by atoms with Crippen LogP contribution in [0.15, 0.2) is 28.1 Å². The van der Waals surface area contributed by atoms with Crippen molar-refractivity contribution in [1.82, 2.24) is 4.98 Å². The van der Waals surface area contributed by atoms with Gasteiger partial charge < -0.3 is 4.74 Å². The highest BCUT2D eigenvalue weighted by molar-refractivity contribution is 9.11. The van der Waals surface area contributed by atoms with Crippen LogP contribution in [-0.4, -0.2) is 12.1 Å². The molecule has 0 N–H and O–H groups in total. The number of ether oxygens (including phenoxy) is 1. The minimum atomic E-state index is 0.850. The second kappa shape index (κ2) is 4.33. The van der Waals surface area contributed by atoms with Crippen molar-refractivity contribution in [2.45, 2.75) is 6.92 Å². The number of aromatic nitrogens is 1. The van der Waals surface area contributed by atoms with E-state index < -0.39 is 0 Å². The van der Waals surface area contributed by atoms with Gasteiger partial charge in [0.25, 0.3) is 0 Å². The summed E-state index contributed by atoms with van der Waals surface area (Å²) < 4.78 is 6.35. The summed E-state index contributed by atoms with van der Waals surface area (Å²) in [7, 11) is 1.67. The maximum Gasteiger partial charge on any atom is 0.128 e. The molecular weight excluding hydrogens is 274 g/mol. The Balaban J connectivity index is 2.58. The molecule has 78 valence electrons. The highest BCUT2D eigenvalue weighted by atomic mass is 79.9. The minimum absolute atomic E-state index is 0.850. The van der Waals surface area contributed by atoms with Gasteiger partial charge in [0, 0.05) is 5.56 Å². The number of aryl methyl sites for hydroxylation is 1. The molecule has 0 saturated heterocycles. The summed E-state index contributed by atoms with van der Waals surface area (Å²) in [6.45, 7) is 1.99. The summed E-state index contributed by atoms with van der Waals surface area (Å²) in [6.07, 6.45) is 0. The number of para-hydroxylation sites is 1. The second-order valence-corrected chi connectivity index (χ2v) is 5.58. The van der Waals surface area contributed by atoms with Crippen LogP contribution in [0.25, 0.3) is 11.3 Å². The zero-order valence-corrected chi connectivity index (χ0v) is 10.9. The number of thiazole rings is 1. The molecule has 0 unspecified atom stereocenters. The van der Waals surface area contributed by atoms with E-state index in [1.807, 2.05) is 31.2 Å². The van der Waals surface area contributed by atoms with E-state index in [1.165, 1.54) is 0 Å². The number of nitrogens with zero attached hydrogens (tertiary/aromatic N) is 1. The second-order valence-electron chi connectivity index (χ2n) is 3.06. The number of hydrogen-bond donors (Lipinski definition) is 0. The van der Waals surface area contributed by atoms with Gasteiger partial charge in [-0.2, -0.15) is 0 Å². The highest BCUT2D eigenvalue weighted by Gasteiger charge is 2.12. The fourth-order valence-corrected chi connectivity index (χ4v) is 3.06. The van der Waals surface area contributed by atoms with E-state index in [1.54, 1.807) is 18.4 Å². The van der Waals surface area contributed by atoms with Crippen molar-refractivity contribution in [3.63, 3.8) is 0 Å². The van der Waals surface area contributed by atoms with Gasteiger partial charge in [-0.3, -0.25) is 0 Å². The fraction of sp³-hybridized carbons (Fsp3) is 0.182. The lowest BCUT2D eigenvalue weighted by atomic mass is 10.1. The molecule has 15 heavy (non-hydrogen) atoms. The van der Waals surface area contributed by atoms with Crippen LogP contribution < -0.4 is 4.74 Å². The first kappa shape index (κ1) is 10.6. The molecule has 0 aliphatic heterocycles. The molecule has 1 aromatic carbocycles. The Kier molecular flexibility index (Phi) is 3.07. The lowest BCUT2D eigenvalue weighted by Gasteiger charge is -2.05. The number of hydrogen-bond acceptors (Lipinski definition) is 3. The van der Waals surface area contributed by atoms with Crippen LogP contribution in [0.1, 0.15) is 5.01 Å². The van der Waals surface area contributed by atoms with Crippen LogP contribution in [0.2, 0.25) is 0 Å². The molecule has 1 aromatic heterocycles. The standard InChI is InChI=1S/C11H10BrNOS/c1-7-13-10(11(12)15-7)8-5-3-4-6-9(8)14-2/h3-6H,1-2H3. The van der Waals surface area contributed by atoms with Gasteiger partial charge in [-0.05, 0) is 35.0 Å². The van der Waals surface area contributed by atoms with Gasteiger partial charge in [0.15, 0.2) is 0 Å². The normalized spacial score (nSPS) is 10.3. The number of benzene rings is 1.